The van der Waals surface area contributed by atoms with Crippen LogP contribution in [0.5, 0.6) is 11.5 Å². The van der Waals surface area contributed by atoms with E-state index in [1.807, 2.05) is 30.3 Å². The number of thioether (sulfide) groups is 1. The van der Waals surface area contributed by atoms with Gasteiger partial charge in [0.1, 0.15) is 18.2 Å². The lowest BCUT2D eigenvalue weighted by Gasteiger charge is -2.24. The average Bonchev–Trinajstić information content (AvgIpc) is 3.84. The van der Waals surface area contributed by atoms with Crippen LogP contribution in [-0.4, -0.2) is 34.1 Å². The number of aliphatic hydroxyl groups is 1. The summed E-state index contributed by atoms with van der Waals surface area (Å²) in [6, 6.07) is 28.8. The van der Waals surface area contributed by atoms with E-state index in [1.165, 1.54) is 29.8 Å². The van der Waals surface area contributed by atoms with Crippen LogP contribution in [0, 0.1) is 5.82 Å². The number of ketones is 1. The summed E-state index contributed by atoms with van der Waals surface area (Å²) in [6.07, 6.45) is 0. The van der Waals surface area contributed by atoms with Gasteiger partial charge in [-0.25, -0.2) is 4.39 Å². The van der Waals surface area contributed by atoms with E-state index in [1.54, 1.807) is 66.7 Å². The summed E-state index contributed by atoms with van der Waals surface area (Å²) in [6.45, 7) is 0.353. The number of halogens is 1. The van der Waals surface area contributed by atoms with Crippen molar-refractivity contribution >= 4 is 50.9 Å². The first-order valence-electron chi connectivity index (χ1n) is 14.8. The smallest absolute Gasteiger partial charge is 0.296 e. The quantitative estimate of drug-likeness (QED) is 0.0824. The van der Waals surface area contributed by atoms with Crippen LogP contribution in [0.25, 0.3) is 11.0 Å². The molecule has 12 heteroatoms. The molecule has 0 fully saturated rings. The number of hydrogen-bond donors (Lipinski definition) is 1. The van der Waals surface area contributed by atoms with E-state index in [9.17, 15) is 19.1 Å². The molecular formula is C36H26FN3O6S2. The highest BCUT2D eigenvalue weighted by atomic mass is 32.2. The number of aromatic nitrogens is 2. The highest BCUT2D eigenvalue weighted by Gasteiger charge is 2.47. The number of para-hydroxylation sites is 1. The number of furan rings is 1. The predicted octanol–water partition coefficient (Wildman–Crippen LogP) is 8.09. The number of carbonyl (C=O) groups is 2. The Labute approximate surface area is 282 Å². The molecule has 48 heavy (non-hydrogen) atoms. The second-order valence-electron chi connectivity index (χ2n) is 10.7. The Hall–Kier alpha value is -5.46. The van der Waals surface area contributed by atoms with Crippen molar-refractivity contribution in [3.63, 3.8) is 0 Å². The minimum absolute atomic E-state index is 0.0723. The number of benzene rings is 4. The van der Waals surface area contributed by atoms with Gasteiger partial charge in [0.05, 0.1) is 18.7 Å². The molecule has 3 heterocycles. The van der Waals surface area contributed by atoms with Gasteiger partial charge in [0.15, 0.2) is 27.2 Å². The molecule has 7 rings (SSSR count). The molecule has 240 valence electrons. The van der Waals surface area contributed by atoms with Crippen molar-refractivity contribution in [2.24, 2.45) is 0 Å². The lowest BCUT2D eigenvalue weighted by atomic mass is 9.95. The van der Waals surface area contributed by atoms with Crippen molar-refractivity contribution in [3.05, 3.63) is 143 Å². The number of fused-ring (bicyclic) bond motifs is 1. The summed E-state index contributed by atoms with van der Waals surface area (Å²) in [5.74, 6) is -1.31. The van der Waals surface area contributed by atoms with Gasteiger partial charge >= 0.3 is 0 Å². The summed E-state index contributed by atoms with van der Waals surface area (Å²) >= 11 is 2.36. The van der Waals surface area contributed by atoms with E-state index < -0.39 is 23.5 Å². The van der Waals surface area contributed by atoms with E-state index in [0.29, 0.717) is 50.3 Å². The number of methoxy groups -OCH3 is 1. The second-order valence-corrected chi connectivity index (χ2v) is 12.9. The van der Waals surface area contributed by atoms with Gasteiger partial charge in [0.25, 0.3) is 5.91 Å². The zero-order chi connectivity index (χ0) is 33.2. The number of nitrogens with zero attached hydrogens (tertiary/aromatic N) is 3. The summed E-state index contributed by atoms with van der Waals surface area (Å²) < 4.78 is 32.0. The third-order valence-electron chi connectivity index (χ3n) is 7.76. The van der Waals surface area contributed by atoms with Crippen LogP contribution in [0.2, 0.25) is 0 Å². The number of amides is 1. The SMILES string of the molecule is COc1cccc2cc(C(=O)C3=C(O)C(=O)N(c4nnc(SCc5ccccc5F)s4)C3c3ccc(OCc4ccccc4)cc3)oc12. The third-order valence-corrected chi connectivity index (χ3v) is 9.86. The van der Waals surface area contributed by atoms with Crippen LogP contribution in [0.15, 0.2) is 123 Å². The molecule has 1 aliphatic heterocycles. The summed E-state index contributed by atoms with van der Waals surface area (Å²) in [5, 5.41) is 20.5. The van der Waals surface area contributed by atoms with Crippen molar-refractivity contribution in [2.45, 2.75) is 22.7 Å². The van der Waals surface area contributed by atoms with Gasteiger partial charge in [-0.1, -0.05) is 95.9 Å². The Morgan fingerprint density at radius 2 is 1.77 bits per heavy atom. The topological polar surface area (TPSA) is 115 Å². The standard InChI is InChI=1S/C36H26FN3O6S2/c1-44-27-13-7-11-23-18-28(46-33(23)27)31(41)29-30(22-14-16-25(17-15-22)45-19-21-8-3-2-4-9-21)40(34(43)32(29)42)35-38-39-36(48-35)47-20-24-10-5-6-12-26(24)37/h2-18,30,42H,19-20H2,1H3. The molecule has 0 bridgehead atoms. The Bertz CT molecular complexity index is 2160. The molecule has 1 atom stereocenters. The van der Waals surface area contributed by atoms with Gasteiger partial charge in [0.2, 0.25) is 10.9 Å². The highest BCUT2D eigenvalue weighted by Crippen LogP contribution is 2.45. The summed E-state index contributed by atoms with van der Waals surface area (Å²) in [5.41, 5.74) is 2.21. The van der Waals surface area contributed by atoms with Gasteiger partial charge in [-0.05, 0) is 47.0 Å². The fraction of sp³-hybridized carbons (Fsp3) is 0.111. The van der Waals surface area contributed by atoms with E-state index in [4.69, 9.17) is 13.9 Å². The maximum absolute atomic E-state index is 14.2. The highest BCUT2D eigenvalue weighted by molar-refractivity contribution is 8.00. The number of carbonyl (C=O) groups excluding carboxylic acids is 2. The van der Waals surface area contributed by atoms with E-state index in [2.05, 4.69) is 10.2 Å². The molecule has 0 aliphatic carbocycles. The van der Waals surface area contributed by atoms with Gasteiger partial charge in [-0.3, -0.25) is 14.5 Å². The normalized spacial score (nSPS) is 14.6. The number of anilines is 1. The minimum Gasteiger partial charge on any atom is -0.503 e. The van der Waals surface area contributed by atoms with Crippen molar-refractivity contribution in [3.8, 4) is 11.5 Å². The summed E-state index contributed by atoms with van der Waals surface area (Å²) in [7, 11) is 1.49. The Morgan fingerprint density at radius 1 is 1.00 bits per heavy atom. The fourth-order valence-corrected chi connectivity index (χ4v) is 7.25. The molecular weight excluding hydrogens is 654 g/mol. The van der Waals surface area contributed by atoms with Crippen LogP contribution in [-0.2, 0) is 17.2 Å². The number of rotatable bonds is 11. The van der Waals surface area contributed by atoms with Crippen LogP contribution < -0.4 is 14.4 Å². The molecule has 1 amide bonds. The van der Waals surface area contributed by atoms with Crippen LogP contribution in [0.3, 0.4) is 0 Å². The zero-order valence-electron chi connectivity index (χ0n) is 25.3. The Kier molecular flexibility index (Phi) is 8.66. The maximum atomic E-state index is 14.2. The van der Waals surface area contributed by atoms with Crippen LogP contribution in [0.4, 0.5) is 9.52 Å². The van der Waals surface area contributed by atoms with Crippen LogP contribution >= 0.6 is 23.1 Å². The monoisotopic (exact) mass is 679 g/mol. The molecule has 2 aromatic heterocycles. The lowest BCUT2D eigenvalue weighted by molar-refractivity contribution is -0.117. The average molecular weight is 680 g/mol. The second kappa shape index (κ2) is 13.3. The van der Waals surface area contributed by atoms with Crippen molar-refractivity contribution in [1.29, 1.82) is 0 Å². The van der Waals surface area contributed by atoms with Gasteiger partial charge in [-0.15, -0.1) is 10.2 Å². The molecule has 0 spiro atoms. The fourth-order valence-electron chi connectivity index (χ4n) is 5.39. The third kappa shape index (κ3) is 6.03. The van der Waals surface area contributed by atoms with Crippen LogP contribution in [0.1, 0.15) is 33.3 Å². The van der Waals surface area contributed by atoms with E-state index in [0.717, 1.165) is 16.9 Å². The minimum atomic E-state index is -1.07. The number of hydrogen-bond acceptors (Lipinski definition) is 10. The van der Waals surface area contributed by atoms with Gasteiger partial charge in [0, 0.05) is 11.1 Å². The first-order chi connectivity index (χ1) is 23.4. The number of aliphatic hydroxyl groups excluding tert-OH is 1. The summed E-state index contributed by atoms with van der Waals surface area (Å²) in [4.78, 5) is 29.1. The molecule has 0 saturated heterocycles. The van der Waals surface area contributed by atoms with Gasteiger partial charge < -0.3 is 19.0 Å². The Balaban J connectivity index is 1.22. The molecule has 1 unspecified atom stereocenters. The predicted molar refractivity (Wildman–Crippen MR) is 180 cm³/mol. The van der Waals surface area contributed by atoms with Crippen molar-refractivity contribution in [2.75, 3.05) is 12.0 Å². The largest absolute Gasteiger partial charge is 0.503 e. The number of ether oxygens (including phenoxy) is 2. The molecule has 1 aliphatic rings. The molecule has 1 N–H and O–H groups in total. The van der Waals surface area contributed by atoms with Crippen molar-refractivity contribution in [1.82, 2.24) is 10.2 Å². The van der Waals surface area contributed by atoms with E-state index in [-0.39, 0.29) is 22.3 Å². The lowest BCUT2D eigenvalue weighted by Crippen LogP contribution is -2.31. The maximum Gasteiger partial charge on any atom is 0.296 e. The molecule has 9 nitrogen and oxygen atoms in total. The molecule has 0 saturated carbocycles. The zero-order valence-corrected chi connectivity index (χ0v) is 27.0. The van der Waals surface area contributed by atoms with Crippen molar-refractivity contribution < 1.29 is 33.0 Å². The molecule has 4 aromatic carbocycles. The first-order valence-corrected chi connectivity index (χ1v) is 16.6. The molecule has 6 aromatic rings. The molecule has 0 radical (unpaired) electrons. The van der Waals surface area contributed by atoms with E-state index >= 15 is 0 Å². The van der Waals surface area contributed by atoms with Gasteiger partial charge in [-0.2, -0.15) is 0 Å². The Morgan fingerprint density at radius 3 is 2.54 bits per heavy atom. The first kappa shape index (κ1) is 31.2. The number of Topliss-reactive ketones (excluding diaryl/α,β-unsaturated/α-hetero) is 1.